The van der Waals surface area contributed by atoms with Crippen LogP contribution in [0.25, 0.3) is 16.6 Å². The van der Waals surface area contributed by atoms with Crippen LogP contribution in [0.3, 0.4) is 0 Å². The first-order valence-electron chi connectivity index (χ1n) is 9.59. The van der Waals surface area contributed by atoms with E-state index in [2.05, 4.69) is 15.4 Å². The van der Waals surface area contributed by atoms with Gasteiger partial charge in [0.1, 0.15) is 23.2 Å². The number of fused-ring (bicyclic) bond motifs is 2. The average Bonchev–Trinajstić information content (AvgIpc) is 3.35. The first-order chi connectivity index (χ1) is 15.0. The molecule has 0 amide bonds. The summed E-state index contributed by atoms with van der Waals surface area (Å²) in [7, 11) is 3.48. The predicted octanol–water partition coefficient (Wildman–Crippen LogP) is 5.29. The fourth-order valence-corrected chi connectivity index (χ4v) is 4.49. The predicted molar refractivity (Wildman–Crippen MR) is 120 cm³/mol. The van der Waals surface area contributed by atoms with E-state index in [4.69, 9.17) is 27.9 Å². The first kappa shape index (κ1) is 20.1. The van der Waals surface area contributed by atoms with Gasteiger partial charge in [-0.3, -0.25) is 0 Å². The maximum absolute atomic E-state index is 14.5. The molecule has 2 aromatic carbocycles. The maximum Gasteiger partial charge on any atom is 0.151 e. The van der Waals surface area contributed by atoms with Gasteiger partial charge in [-0.15, -0.1) is 0 Å². The molecule has 4 aromatic rings. The van der Waals surface area contributed by atoms with Crippen molar-refractivity contribution in [3.63, 3.8) is 0 Å². The van der Waals surface area contributed by atoms with Gasteiger partial charge in [-0.1, -0.05) is 41.4 Å². The van der Waals surface area contributed by atoms with Gasteiger partial charge in [-0.2, -0.15) is 5.10 Å². The van der Waals surface area contributed by atoms with Gasteiger partial charge >= 0.3 is 0 Å². The Balaban J connectivity index is 1.84. The van der Waals surface area contributed by atoms with Crippen LogP contribution in [0.5, 0.6) is 0 Å². The van der Waals surface area contributed by atoms with Crippen LogP contribution in [0, 0.1) is 5.82 Å². The monoisotopic (exact) mass is 457 g/mol. The highest BCUT2D eigenvalue weighted by Gasteiger charge is 2.35. The molecule has 0 bridgehead atoms. The molecule has 1 unspecified atom stereocenters. The third kappa shape index (κ3) is 3.12. The molecule has 2 aromatic heterocycles. The van der Waals surface area contributed by atoms with Crippen LogP contribution >= 0.6 is 23.2 Å². The topological polar surface area (TPSA) is 56.9 Å². The number of rotatable bonds is 4. The maximum atomic E-state index is 14.5. The summed E-state index contributed by atoms with van der Waals surface area (Å²) in [5.41, 5.74) is 3.31. The zero-order valence-corrected chi connectivity index (χ0v) is 18.2. The number of hydrogen-bond donors (Lipinski definition) is 1. The molecule has 0 fully saturated rings. The van der Waals surface area contributed by atoms with E-state index in [0.29, 0.717) is 33.5 Å². The lowest BCUT2D eigenvalue weighted by molar-refractivity contribution is 0.226. The third-order valence-electron chi connectivity index (χ3n) is 5.46. The van der Waals surface area contributed by atoms with Crippen molar-refractivity contribution < 1.29 is 9.13 Å². The summed E-state index contributed by atoms with van der Waals surface area (Å²) in [6.07, 6.45) is 1.70. The van der Waals surface area contributed by atoms with Crippen molar-refractivity contribution in [1.29, 1.82) is 0 Å². The van der Waals surface area contributed by atoms with E-state index in [0.717, 1.165) is 22.7 Å². The molecule has 5 rings (SSSR count). The lowest BCUT2D eigenvalue weighted by Crippen LogP contribution is -2.27. The Labute approximate surface area is 187 Å². The first-order valence-corrected chi connectivity index (χ1v) is 10.3. The van der Waals surface area contributed by atoms with Crippen molar-refractivity contribution in [2.75, 3.05) is 19.0 Å². The molecule has 1 aliphatic heterocycles. The number of ether oxygens (including phenoxy) is 1. The van der Waals surface area contributed by atoms with E-state index < -0.39 is 6.04 Å². The Morgan fingerprint density at radius 1 is 1.16 bits per heavy atom. The van der Waals surface area contributed by atoms with Crippen molar-refractivity contribution in [2.45, 2.75) is 6.04 Å². The van der Waals surface area contributed by atoms with Crippen molar-refractivity contribution in [3.05, 3.63) is 81.6 Å². The Kier molecular flexibility index (Phi) is 4.97. The van der Waals surface area contributed by atoms with Gasteiger partial charge in [-0.05, 0) is 18.2 Å². The standard InChI is InChI=1S/C22H18Cl2FN5O/c1-29-16-8-4-7-14(25)20(16)28-22(29)18-15(11-31-2)27-17-9-10-26-30(17)21(18)12-5-3-6-13(23)19(12)24/h3-10,21,27H,11H2,1-2H3. The van der Waals surface area contributed by atoms with Crippen molar-refractivity contribution >= 4 is 45.6 Å². The minimum absolute atomic E-state index is 0.293. The molecule has 1 N–H and O–H groups in total. The quantitative estimate of drug-likeness (QED) is 0.452. The number of benzene rings is 2. The van der Waals surface area contributed by atoms with Crippen LogP contribution in [0.1, 0.15) is 17.4 Å². The van der Waals surface area contributed by atoms with Crippen LogP contribution in [0.4, 0.5) is 10.2 Å². The molecule has 0 radical (unpaired) electrons. The van der Waals surface area contributed by atoms with Crippen LogP contribution in [0.2, 0.25) is 10.0 Å². The van der Waals surface area contributed by atoms with Crippen LogP contribution in [0.15, 0.2) is 54.4 Å². The molecule has 6 nitrogen and oxygen atoms in total. The van der Waals surface area contributed by atoms with Gasteiger partial charge in [0.15, 0.2) is 5.82 Å². The molecule has 3 heterocycles. The molecule has 1 aliphatic rings. The molecule has 31 heavy (non-hydrogen) atoms. The summed E-state index contributed by atoms with van der Waals surface area (Å²) < 4.78 is 23.7. The molecule has 0 saturated heterocycles. The van der Waals surface area contributed by atoms with Gasteiger partial charge in [0.25, 0.3) is 0 Å². The van der Waals surface area contributed by atoms with E-state index in [1.807, 2.05) is 40.6 Å². The molecule has 0 aliphatic carbocycles. The number of para-hydroxylation sites is 1. The minimum atomic E-state index is -0.443. The normalized spacial score (nSPS) is 16.0. The Morgan fingerprint density at radius 2 is 1.97 bits per heavy atom. The molecule has 0 saturated carbocycles. The number of allylic oxidation sites excluding steroid dienone is 1. The number of imidazole rings is 1. The number of nitrogens with one attached hydrogen (secondary N) is 1. The number of halogens is 3. The zero-order valence-electron chi connectivity index (χ0n) is 16.7. The van der Waals surface area contributed by atoms with Crippen LogP contribution < -0.4 is 5.32 Å². The number of aryl methyl sites for hydroxylation is 1. The van der Waals surface area contributed by atoms with Gasteiger partial charge < -0.3 is 14.6 Å². The lowest BCUT2D eigenvalue weighted by Gasteiger charge is -2.31. The van der Waals surface area contributed by atoms with E-state index in [9.17, 15) is 4.39 Å². The minimum Gasteiger partial charge on any atom is -0.378 e. The summed E-state index contributed by atoms with van der Waals surface area (Å²) in [5.74, 6) is 0.984. The largest absolute Gasteiger partial charge is 0.378 e. The Bertz CT molecular complexity index is 1340. The average molecular weight is 458 g/mol. The second-order valence-electron chi connectivity index (χ2n) is 7.26. The Morgan fingerprint density at radius 3 is 2.74 bits per heavy atom. The van der Waals surface area contributed by atoms with Gasteiger partial charge in [-0.25, -0.2) is 14.1 Å². The second kappa shape index (κ2) is 7.67. The number of hydrogen-bond acceptors (Lipinski definition) is 4. The summed E-state index contributed by atoms with van der Waals surface area (Å²) in [6.45, 7) is 0.293. The van der Waals surface area contributed by atoms with Crippen molar-refractivity contribution in [3.8, 4) is 0 Å². The molecule has 158 valence electrons. The second-order valence-corrected chi connectivity index (χ2v) is 8.04. The van der Waals surface area contributed by atoms with E-state index in [-0.39, 0.29) is 5.82 Å². The molecular weight excluding hydrogens is 440 g/mol. The van der Waals surface area contributed by atoms with Gasteiger partial charge in [0.05, 0.1) is 34.1 Å². The number of anilines is 1. The number of aromatic nitrogens is 4. The summed E-state index contributed by atoms with van der Waals surface area (Å²) in [5, 5.41) is 8.77. The highest BCUT2D eigenvalue weighted by Crippen LogP contribution is 2.44. The molecule has 9 heteroatoms. The zero-order chi connectivity index (χ0) is 21.7. The highest BCUT2D eigenvalue weighted by atomic mass is 35.5. The molecule has 0 spiro atoms. The number of methoxy groups -OCH3 is 1. The fourth-order valence-electron chi connectivity index (χ4n) is 4.08. The SMILES string of the molecule is COCC1=C(c2nc3c(F)cccc3n2C)C(c2cccc(Cl)c2Cl)n2nccc2N1. The smallest absolute Gasteiger partial charge is 0.151 e. The van der Waals surface area contributed by atoms with Crippen molar-refractivity contribution in [2.24, 2.45) is 7.05 Å². The van der Waals surface area contributed by atoms with E-state index in [1.54, 1.807) is 25.4 Å². The van der Waals surface area contributed by atoms with Crippen molar-refractivity contribution in [1.82, 2.24) is 19.3 Å². The molecule has 1 atom stereocenters. The summed E-state index contributed by atoms with van der Waals surface area (Å²) in [6, 6.07) is 11.8. The molecular formula is C22H18Cl2FN5O. The lowest BCUT2D eigenvalue weighted by atomic mass is 9.94. The van der Waals surface area contributed by atoms with Crippen LogP contribution in [-0.2, 0) is 11.8 Å². The van der Waals surface area contributed by atoms with E-state index >= 15 is 0 Å². The highest BCUT2D eigenvalue weighted by molar-refractivity contribution is 6.42. The van der Waals surface area contributed by atoms with Gasteiger partial charge in [0, 0.05) is 31.4 Å². The van der Waals surface area contributed by atoms with E-state index in [1.165, 1.54) is 6.07 Å². The van der Waals surface area contributed by atoms with Crippen LogP contribution in [-0.4, -0.2) is 33.0 Å². The fraction of sp³-hybridized carbons (Fsp3) is 0.182. The third-order valence-corrected chi connectivity index (χ3v) is 6.29. The summed E-state index contributed by atoms with van der Waals surface area (Å²) in [4.78, 5) is 4.67. The van der Waals surface area contributed by atoms with Gasteiger partial charge in [0.2, 0.25) is 0 Å². The Hall–Kier alpha value is -2.87. The number of nitrogens with zero attached hydrogens (tertiary/aromatic N) is 4. The summed E-state index contributed by atoms with van der Waals surface area (Å²) >= 11 is 13.0.